The zero-order valence-corrected chi connectivity index (χ0v) is 17.7. The lowest BCUT2D eigenvalue weighted by Crippen LogP contribution is -2.54. The van der Waals surface area contributed by atoms with Crippen LogP contribution in [0.4, 0.5) is 4.39 Å². The molecule has 4 rings (SSSR count). The van der Waals surface area contributed by atoms with E-state index in [1.807, 2.05) is 38.1 Å². The highest BCUT2D eigenvalue weighted by Crippen LogP contribution is 2.37. The van der Waals surface area contributed by atoms with Crippen molar-refractivity contribution in [2.24, 2.45) is 0 Å². The van der Waals surface area contributed by atoms with E-state index in [0.717, 1.165) is 16.9 Å². The van der Waals surface area contributed by atoms with Gasteiger partial charge in [0, 0.05) is 12.6 Å². The number of methoxy groups -OCH3 is 1. The Morgan fingerprint density at radius 1 is 0.968 bits per heavy atom. The molecule has 31 heavy (non-hydrogen) atoms. The summed E-state index contributed by atoms with van der Waals surface area (Å²) < 4.78 is 30.5. The molecule has 160 valence electrons. The van der Waals surface area contributed by atoms with Gasteiger partial charge in [-0.2, -0.15) is 0 Å². The number of amides is 1. The first kappa shape index (κ1) is 20.7. The molecule has 6 heteroatoms. The van der Waals surface area contributed by atoms with Crippen LogP contribution in [0.25, 0.3) is 0 Å². The monoisotopic (exact) mass is 421 g/mol. The summed E-state index contributed by atoms with van der Waals surface area (Å²) >= 11 is 0. The van der Waals surface area contributed by atoms with Crippen LogP contribution in [0, 0.1) is 5.82 Å². The number of fused-ring (bicyclic) bond motifs is 1. The van der Waals surface area contributed by atoms with Gasteiger partial charge in [0.25, 0.3) is 5.91 Å². The first-order chi connectivity index (χ1) is 14.9. The van der Waals surface area contributed by atoms with Crippen molar-refractivity contribution < 1.29 is 23.4 Å². The summed E-state index contributed by atoms with van der Waals surface area (Å²) in [6, 6.07) is 19.0. The fraction of sp³-hybridized carbons (Fsp3) is 0.240. The molecule has 0 atom stereocenters. The van der Waals surface area contributed by atoms with Crippen molar-refractivity contribution >= 4 is 5.91 Å². The number of nitrogens with zero attached hydrogens (tertiary/aromatic N) is 1. The van der Waals surface area contributed by atoms with Crippen LogP contribution in [-0.2, 0) is 13.2 Å². The van der Waals surface area contributed by atoms with Crippen molar-refractivity contribution in [2.75, 3.05) is 7.11 Å². The molecule has 0 aromatic heterocycles. The molecule has 0 saturated carbocycles. The largest absolute Gasteiger partial charge is 0.497 e. The Kier molecular flexibility index (Phi) is 5.55. The van der Waals surface area contributed by atoms with E-state index in [1.165, 1.54) is 12.1 Å². The molecule has 0 aliphatic carbocycles. The fourth-order valence-corrected chi connectivity index (χ4v) is 3.53. The second kappa shape index (κ2) is 8.30. The Morgan fingerprint density at radius 2 is 1.74 bits per heavy atom. The highest BCUT2D eigenvalue weighted by molar-refractivity contribution is 5.98. The Morgan fingerprint density at radius 3 is 2.48 bits per heavy atom. The molecular formula is C25H24FNO4. The normalized spacial score (nSPS) is 14.6. The van der Waals surface area contributed by atoms with Gasteiger partial charge in [-0.05, 0) is 61.4 Å². The number of ether oxygens (including phenoxy) is 3. The zero-order chi connectivity index (χ0) is 22.0. The second-order valence-corrected chi connectivity index (χ2v) is 7.86. The highest BCUT2D eigenvalue weighted by Gasteiger charge is 2.40. The second-order valence-electron chi connectivity index (χ2n) is 7.86. The quantitative estimate of drug-likeness (QED) is 0.550. The van der Waals surface area contributed by atoms with Crippen molar-refractivity contribution in [1.82, 2.24) is 4.90 Å². The fourth-order valence-electron chi connectivity index (χ4n) is 3.53. The van der Waals surface area contributed by atoms with Crippen LogP contribution in [0.5, 0.6) is 17.2 Å². The van der Waals surface area contributed by atoms with Crippen molar-refractivity contribution in [1.29, 1.82) is 0 Å². The molecule has 0 bridgehead atoms. The van der Waals surface area contributed by atoms with E-state index in [4.69, 9.17) is 14.2 Å². The predicted octanol–water partition coefficient (Wildman–Crippen LogP) is 5.18. The molecule has 1 heterocycles. The number of halogens is 1. The minimum atomic E-state index is -0.871. The van der Waals surface area contributed by atoms with Gasteiger partial charge < -0.3 is 14.2 Å². The third-order valence-corrected chi connectivity index (χ3v) is 5.23. The van der Waals surface area contributed by atoms with Crippen molar-refractivity contribution in [3.8, 4) is 17.2 Å². The average Bonchev–Trinajstić information content (AvgIpc) is 2.76. The van der Waals surface area contributed by atoms with Gasteiger partial charge in [0.1, 0.15) is 29.7 Å². The molecule has 5 nitrogen and oxygen atoms in total. The van der Waals surface area contributed by atoms with E-state index in [1.54, 1.807) is 42.3 Å². The molecule has 3 aromatic rings. The Bertz CT molecular complexity index is 1090. The van der Waals surface area contributed by atoms with E-state index in [0.29, 0.717) is 30.2 Å². The summed E-state index contributed by atoms with van der Waals surface area (Å²) in [5, 5.41) is 0. The molecule has 1 amide bonds. The summed E-state index contributed by atoms with van der Waals surface area (Å²) in [5.74, 6) is 1.40. The molecule has 0 fully saturated rings. The van der Waals surface area contributed by atoms with Crippen LogP contribution >= 0.6 is 0 Å². The number of hydrogen-bond acceptors (Lipinski definition) is 4. The van der Waals surface area contributed by atoms with Gasteiger partial charge >= 0.3 is 0 Å². The standard InChI is InChI=1S/C25H24FNO4/c1-25(2)27(15-17-7-9-19(26)10-8-17)24(28)22-12-11-21(14-23(22)31-25)30-16-18-5-4-6-20(13-18)29-3/h4-14H,15-16H2,1-3H3. The molecular weight excluding hydrogens is 397 g/mol. The molecule has 0 spiro atoms. The van der Waals surface area contributed by atoms with Crippen LogP contribution in [0.2, 0.25) is 0 Å². The lowest BCUT2D eigenvalue weighted by molar-refractivity contribution is -0.0537. The molecule has 3 aromatic carbocycles. The van der Waals surface area contributed by atoms with E-state index in [-0.39, 0.29) is 11.7 Å². The third kappa shape index (κ3) is 4.48. The zero-order valence-electron chi connectivity index (χ0n) is 17.7. The summed E-state index contributed by atoms with van der Waals surface area (Å²) in [6.07, 6.45) is 0. The number of rotatable bonds is 6. The molecule has 0 unspecified atom stereocenters. The van der Waals surface area contributed by atoms with Crippen molar-refractivity contribution in [2.45, 2.75) is 32.7 Å². The van der Waals surface area contributed by atoms with Crippen LogP contribution in [0.3, 0.4) is 0 Å². The molecule has 1 aliphatic rings. The summed E-state index contributed by atoms with van der Waals surface area (Å²) in [6.45, 7) is 4.35. The molecule has 0 N–H and O–H groups in total. The van der Waals surface area contributed by atoms with Crippen molar-refractivity contribution in [3.05, 3.63) is 89.2 Å². The SMILES string of the molecule is COc1cccc(COc2ccc3c(c2)OC(C)(C)N(Cc2ccc(F)cc2)C3=O)c1. The smallest absolute Gasteiger partial charge is 0.260 e. The van der Waals surface area contributed by atoms with E-state index < -0.39 is 5.72 Å². The lowest BCUT2D eigenvalue weighted by Gasteiger charge is -2.42. The topological polar surface area (TPSA) is 48.0 Å². The molecule has 0 radical (unpaired) electrons. The van der Waals surface area contributed by atoms with Crippen molar-refractivity contribution in [3.63, 3.8) is 0 Å². The predicted molar refractivity (Wildman–Crippen MR) is 115 cm³/mol. The maximum atomic E-state index is 13.2. The average molecular weight is 421 g/mol. The summed E-state index contributed by atoms with van der Waals surface area (Å²) in [5.41, 5.74) is 1.40. The third-order valence-electron chi connectivity index (χ3n) is 5.23. The number of hydrogen-bond donors (Lipinski definition) is 0. The minimum absolute atomic E-state index is 0.144. The Labute approximate surface area is 181 Å². The molecule has 1 aliphatic heterocycles. The van der Waals surface area contributed by atoms with Crippen LogP contribution < -0.4 is 14.2 Å². The maximum Gasteiger partial charge on any atom is 0.260 e. The van der Waals surface area contributed by atoms with Crippen LogP contribution in [-0.4, -0.2) is 23.6 Å². The van der Waals surface area contributed by atoms with Gasteiger partial charge in [-0.15, -0.1) is 0 Å². The van der Waals surface area contributed by atoms with Crippen LogP contribution in [0.15, 0.2) is 66.7 Å². The highest BCUT2D eigenvalue weighted by atomic mass is 19.1. The molecule has 0 saturated heterocycles. The van der Waals surface area contributed by atoms with E-state index in [9.17, 15) is 9.18 Å². The first-order valence-electron chi connectivity index (χ1n) is 10.0. The number of carbonyl (C=O) groups excluding carboxylic acids is 1. The van der Waals surface area contributed by atoms with Crippen LogP contribution in [0.1, 0.15) is 35.3 Å². The Balaban J connectivity index is 1.52. The van der Waals surface area contributed by atoms with E-state index in [2.05, 4.69) is 0 Å². The number of benzene rings is 3. The lowest BCUT2D eigenvalue weighted by atomic mass is 10.0. The number of carbonyl (C=O) groups is 1. The summed E-state index contributed by atoms with van der Waals surface area (Å²) in [4.78, 5) is 14.8. The van der Waals surface area contributed by atoms with Gasteiger partial charge in [-0.25, -0.2) is 4.39 Å². The first-order valence-corrected chi connectivity index (χ1v) is 10.0. The van der Waals surface area contributed by atoms with Gasteiger partial charge in [0.15, 0.2) is 5.72 Å². The van der Waals surface area contributed by atoms with Gasteiger partial charge in [-0.3, -0.25) is 9.69 Å². The Hall–Kier alpha value is -3.54. The van der Waals surface area contributed by atoms with E-state index >= 15 is 0 Å². The summed E-state index contributed by atoms with van der Waals surface area (Å²) in [7, 11) is 1.62. The van der Waals surface area contributed by atoms with Gasteiger partial charge in [0.05, 0.1) is 12.7 Å². The van der Waals surface area contributed by atoms with Gasteiger partial charge in [0.2, 0.25) is 0 Å². The minimum Gasteiger partial charge on any atom is -0.497 e. The maximum absolute atomic E-state index is 13.2. The van der Waals surface area contributed by atoms with Gasteiger partial charge in [-0.1, -0.05) is 24.3 Å².